The summed E-state index contributed by atoms with van der Waals surface area (Å²) in [5.74, 6) is 0.438. The Hall–Kier alpha value is -3.56. The number of amides is 1. The van der Waals surface area contributed by atoms with Gasteiger partial charge < -0.3 is 10.1 Å². The van der Waals surface area contributed by atoms with Crippen molar-refractivity contribution in [2.45, 2.75) is 18.8 Å². The van der Waals surface area contributed by atoms with E-state index in [9.17, 15) is 4.79 Å². The van der Waals surface area contributed by atoms with E-state index in [2.05, 4.69) is 36.5 Å². The zero-order chi connectivity index (χ0) is 23.3. The highest BCUT2D eigenvalue weighted by molar-refractivity contribution is 6.32. The maximum atomic E-state index is 14.2. The van der Waals surface area contributed by atoms with Gasteiger partial charge in [-0.25, -0.2) is 0 Å². The van der Waals surface area contributed by atoms with Gasteiger partial charge in [-0.1, -0.05) is 102 Å². The zero-order valence-corrected chi connectivity index (χ0v) is 19.5. The number of carbonyl (C=O) groups excluding carboxylic acids is 1. The molecular weight excluding hydrogens is 430 g/mol. The SMILES string of the molecule is COc1ccc(NC(=O)C(Cc2ccc(C)cc2)(c2ccccc2)c2ccccc2)cc1Cl. The van der Waals surface area contributed by atoms with Crippen LogP contribution in [-0.4, -0.2) is 13.0 Å². The first-order valence-corrected chi connectivity index (χ1v) is 11.2. The maximum Gasteiger partial charge on any atom is 0.239 e. The summed E-state index contributed by atoms with van der Waals surface area (Å²) in [5.41, 5.74) is 3.79. The standard InChI is InChI=1S/C29H26ClNO2/c1-21-13-15-22(16-14-21)20-29(23-9-5-3-6-10-23,24-11-7-4-8-12-24)28(32)31-25-17-18-27(33-2)26(30)19-25/h3-19H,20H2,1-2H3,(H,31,32). The third-order valence-corrected chi connectivity index (χ3v) is 6.22. The number of hydrogen-bond donors (Lipinski definition) is 1. The molecule has 0 aromatic heterocycles. The fourth-order valence-corrected chi connectivity index (χ4v) is 4.41. The van der Waals surface area contributed by atoms with Gasteiger partial charge in [0.1, 0.15) is 11.2 Å². The predicted molar refractivity (Wildman–Crippen MR) is 135 cm³/mol. The molecule has 4 aromatic rings. The van der Waals surface area contributed by atoms with Crippen LogP contribution in [-0.2, 0) is 16.6 Å². The Labute approximate surface area is 200 Å². The number of rotatable bonds is 7. The summed E-state index contributed by atoms with van der Waals surface area (Å²) in [6.07, 6.45) is 0.511. The third-order valence-electron chi connectivity index (χ3n) is 5.92. The molecule has 1 amide bonds. The summed E-state index contributed by atoms with van der Waals surface area (Å²) >= 11 is 6.33. The average Bonchev–Trinajstić information content (AvgIpc) is 2.85. The molecule has 1 N–H and O–H groups in total. The van der Waals surface area contributed by atoms with Gasteiger partial charge in [-0.2, -0.15) is 0 Å². The summed E-state index contributed by atoms with van der Waals surface area (Å²) in [6, 6.07) is 33.5. The highest BCUT2D eigenvalue weighted by Gasteiger charge is 2.42. The lowest BCUT2D eigenvalue weighted by Gasteiger charge is -2.34. The molecule has 0 heterocycles. The number of carbonyl (C=O) groups is 1. The molecule has 0 aliphatic rings. The minimum atomic E-state index is -0.940. The van der Waals surface area contributed by atoms with E-state index >= 15 is 0 Å². The number of aryl methyl sites for hydroxylation is 1. The Morgan fingerprint density at radius 3 is 1.94 bits per heavy atom. The molecular formula is C29H26ClNO2. The number of methoxy groups -OCH3 is 1. The molecule has 0 aliphatic heterocycles. The number of anilines is 1. The highest BCUT2D eigenvalue weighted by Crippen LogP contribution is 2.38. The van der Waals surface area contributed by atoms with E-state index in [1.165, 1.54) is 5.56 Å². The normalized spacial score (nSPS) is 11.1. The van der Waals surface area contributed by atoms with Gasteiger partial charge in [-0.3, -0.25) is 4.79 Å². The van der Waals surface area contributed by atoms with Gasteiger partial charge in [0.05, 0.1) is 12.1 Å². The Morgan fingerprint density at radius 2 is 1.42 bits per heavy atom. The van der Waals surface area contributed by atoms with Crippen molar-refractivity contribution in [1.29, 1.82) is 0 Å². The van der Waals surface area contributed by atoms with Crippen LogP contribution in [0.5, 0.6) is 5.75 Å². The van der Waals surface area contributed by atoms with Crippen molar-refractivity contribution >= 4 is 23.2 Å². The lowest BCUT2D eigenvalue weighted by molar-refractivity contribution is -0.120. The molecule has 0 fully saturated rings. The second-order valence-corrected chi connectivity index (χ2v) is 8.51. The van der Waals surface area contributed by atoms with Crippen LogP contribution in [0.3, 0.4) is 0 Å². The van der Waals surface area contributed by atoms with Gasteiger partial charge in [-0.05, 0) is 48.2 Å². The Morgan fingerprint density at radius 1 is 0.848 bits per heavy atom. The Bertz CT molecular complexity index is 1180. The van der Waals surface area contributed by atoms with Gasteiger partial charge in [-0.15, -0.1) is 0 Å². The van der Waals surface area contributed by atoms with Crippen LogP contribution in [0.25, 0.3) is 0 Å². The van der Waals surface area contributed by atoms with E-state index in [1.54, 1.807) is 25.3 Å². The molecule has 0 saturated heterocycles. The first-order chi connectivity index (χ1) is 16.0. The van der Waals surface area contributed by atoms with Crippen molar-refractivity contribution in [3.63, 3.8) is 0 Å². The van der Waals surface area contributed by atoms with Gasteiger partial charge in [0.2, 0.25) is 5.91 Å². The summed E-state index contributed by atoms with van der Waals surface area (Å²) in [5, 5.41) is 3.57. The largest absolute Gasteiger partial charge is 0.495 e. The van der Waals surface area contributed by atoms with E-state index in [0.29, 0.717) is 22.9 Å². The van der Waals surface area contributed by atoms with Gasteiger partial charge in [0.25, 0.3) is 0 Å². The second kappa shape index (κ2) is 9.93. The molecule has 0 bridgehead atoms. The fraction of sp³-hybridized carbons (Fsp3) is 0.138. The van der Waals surface area contributed by atoms with Crippen LogP contribution < -0.4 is 10.1 Å². The molecule has 0 unspecified atom stereocenters. The van der Waals surface area contributed by atoms with Crippen LogP contribution in [0.2, 0.25) is 5.02 Å². The van der Waals surface area contributed by atoms with E-state index < -0.39 is 5.41 Å². The number of halogens is 1. The van der Waals surface area contributed by atoms with Crippen LogP contribution in [0.1, 0.15) is 22.3 Å². The number of hydrogen-bond acceptors (Lipinski definition) is 2. The summed E-state index contributed by atoms with van der Waals surface area (Å²) in [6.45, 7) is 2.06. The molecule has 0 atom stereocenters. The van der Waals surface area contributed by atoms with Crippen LogP contribution >= 0.6 is 11.6 Å². The van der Waals surface area contributed by atoms with Crippen molar-refractivity contribution < 1.29 is 9.53 Å². The van der Waals surface area contributed by atoms with Crippen molar-refractivity contribution in [3.8, 4) is 5.75 Å². The van der Waals surface area contributed by atoms with Crippen molar-refractivity contribution in [1.82, 2.24) is 0 Å². The fourth-order valence-electron chi connectivity index (χ4n) is 4.15. The average molecular weight is 456 g/mol. The van der Waals surface area contributed by atoms with Gasteiger partial charge in [0.15, 0.2) is 0 Å². The van der Waals surface area contributed by atoms with Crippen molar-refractivity contribution in [2.75, 3.05) is 12.4 Å². The molecule has 4 aromatic carbocycles. The first-order valence-electron chi connectivity index (χ1n) is 10.8. The molecule has 0 saturated carbocycles. The molecule has 4 rings (SSSR count). The third kappa shape index (κ3) is 4.79. The molecule has 0 spiro atoms. The summed E-state index contributed by atoms with van der Waals surface area (Å²) < 4.78 is 5.25. The minimum Gasteiger partial charge on any atom is -0.495 e. The van der Waals surface area contributed by atoms with E-state index in [0.717, 1.165) is 16.7 Å². The molecule has 0 aliphatic carbocycles. The van der Waals surface area contributed by atoms with E-state index in [-0.39, 0.29) is 5.91 Å². The molecule has 0 radical (unpaired) electrons. The predicted octanol–water partition coefficient (Wildman–Crippen LogP) is 6.82. The monoisotopic (exact) mass is 455 g/mol. The maximum absolute atomic E-state index is 14.2. The van der Waals surface area contributed by atoms with Crippen molar-refractivity contribution in [2.24, 2.45) is 0 Å². The van der Waals surface area contributed by atoms with Crippen LogP contribution in [0, 0.1) is 6.92 Å². The summed E-state index contributed by atoms with van der Waals surface area (Å²) in [7, 11) is 1.57. The highest BCUT2D eigenvalue weighted by atomic mass is 35.5. The molecule has 166 valence electrons. The lowest BCUT2D eigenvalue weighted by atomic mass is 9.69. The van der Waals surface area contributed by atoms with Gasteiger partial charge in [0, 0.05) is 5.69 Å². The first kappa shape index (κ1) is 22.6. The van der Waals surface area contributed by atoms with Gasteiger partial charge >= 0.3 is 0 Å². The number of nitrogens with one attached hydrogen (secondary N) is 1. The number of benzene rings is 4. The molecule has 4 heteroatoms. The zero-order valence-electron chi connectivity index (χ0n) is 18.7. The Balaban J connectivity index is 1.85. The van der Waals surface area contributed by atoms with Crippen LogP contribution in [0.4, 0.5) is 5.69 Å². The molecule has 3 nitrogen and oxygen atoms in total. The smallest absolute Gasteiger partial charge is 0.239 e. The molecule has 33 heavy (non-hydrogen) atoms. The van der Waals surface area contributed by atoms with E-state index in [1.807, 2.05) is 60.7 Å². The van der Waals surface area contributed by atoms with Crippen molar-refractivity contribution in [3.05, 3.63) is 130 Å². The summed E-state index contributed by atoms with van der Waals surface area (Å²) in [4.78, 5) is 14.2. The quantitative estimate of drug-likeness (QED) is 0.332. The minimum absolute atomic E-state index is 0.123. The number of ether oxygens (including phenoxy) is 1. The second-order valence-electron chi connectivity index (χ2n) is 8.10. The lowest BCUT2D eigenvalue weighted by Crippen LogP contribution is -2.43. The Kier molecular flexibility index (Phi) is 6.81. The van der Waals surface area contributed by atoms with Crippen LogP contribution in [0.15, 0.2) is 103 Å². The topological polar surface area (TPSA) is 38.3 Å². The van der Waals surface area contributed by atoms with E-state index in [4.69, 9.17) is 16.3 Å².